The molecule has 1 atom stereocenters. The third-order valence-corrected chi connectivity index (χ3v) is 3.29. The fraction of sp³-hybridized carbons (Fsp3) is 0.308. The number of carbonyl (C=O) groups is 2. The highest BCUT2D eigenvalue weighted by molar-refractivity contribution is 6.00. The van der Waals surface area contributed by atoms with E-state index in [1.807, 2.05) is 35.0 Å². The van der Waals surface area contributed by atoms with Gasteiger partial charge in [-0.2, -0.15) is 0 Å². The molecule has 2 N–H and O–H groups in total. The van der Waals surface area contributed by atoms with Gasteiger partial charge in [0.05, 0.1) is 18.3 Å². The van der Waals surface area contributed by atoms with Gasteiger partial charge in [-0.15, -0.1) is 0 Å². The Labute approximate surface area is 109 Å². The van der Waals surface area contributed by atoms with Gasteiger partial charge >= 0.3 is 0 Å². The Kier molecular flexibility index (Phi) is 2.79. The van der Waals surface area contributed by atoms with Crippen molar-refractivity contribution >= 4 is 17.5 Å². The Morgan fingerprint density at radius 1 is 1.37 bits per heavy atom. The van der Waals surface area contributed by atoms with E-state index in [2.05, 4.69) is 4.98 Å². The van der Waals surface area contributed by atoms with Gasteiger partial charge in [-0.1, -0.05) is 6.07 Å². The van der Waals surface area contributed by atoms with Crippen LogP contribution < -0.4 is 5.73 Å². The summed E-state index contributed by atoms with van der Waals surface area (Å²) in [6.07, 6.45) is 4.44. The molecule has 1 fully saturated rings. The SMILES string of the molecule is NC1CCC(=O)N(Cc2cn3ccccc3n2)C1=O. The van der Waals surface area contributed by atoms with Crippen LogP contribution in [0.2, 0.25) is 0 Å². The van der Waals surface area contributed by atoms with Gasteiger partial charge in [0, 0.05) is 18.8 Å². The molecule has 2 amide bonds. The second kappa shape index (κ2) is 4.47. The number of hydrogen-bond donors (Lipinski definition) is 1. The molecule has 6 nitrogen and oxygen atoms in total. The molecule has 6 heteroatoms. The highest BCUT2D eigenvalue weighted by Crippen LogP contribution is 2.15. The number of amides is 2. The molecule has 0 bridgehead atoms. The van der Waals surface area contributed by atoms with Crippen LogP contribution in [-0.2, 0) is 16.1 Å². The van der Waals surface area contributed by atoms with Gasteiger partial charge in [0.1, 0.15) is 5.65 Å². The smallest absolute Gasteiger partial charge is 0.246 e. The molecule has 2 aromatic heterocycles. The van der Waals surface area contributed by atoms with Crippen LogP contribution in [0.15, 0.2) is 30.6 Å². The summed E-state index contributed by atoms with van der Waals surface area (Å²) < 4.78 is 1.86. The lowest BCUT2D eigenvalue weighted by Crippen LogP contribution is -2.50. The quantitative estimate of drug-likeness (QED) is 0.786. The largest absolute Gasteiger partial charge is 0.320 e. The van der Waals surface area contributed by atoms with Gasteiger partial charge in [0.25, 0.3) is 0 Å². The van der Waals surface area contributed by atoms with E-state index in [1.165, 1.54) is 4.90 Å². The Hall–Kier alpha value is -2.21. The first kappa shape index (κ1) is 11.9. The average Bonchev–Trinajstić information content (AvgIpc) is 2.81. The third-order valence-electron chi connectivity index (χ3n) is 3.29. The first-order chi connectivity index (χ1) is 9.15. The van der Waals surface area contributed by atoms with E-state index in [0.717, 1.165) is 5.65 Å². The van der Waals surface area contributed by atoms with Crippen molar-refractivity contribution in [3.8, 4) is 0 Å². The van der Waals surface area contributed by atoms with E-state index < -0.39 is 6.04 Å². The number of pyridine rings is 1. The number of aromatic nitrogens is 2. The zero-order chi connectivity index (χ0) is 13.4. The number of likely N-dealkylation sites (tertiary alicyclic amines) is 1. The number of nitrogens with zero attached hydrogens (tertiary/aromatic N) is 3. The van der Waals surface area contributed by atoms with E-state index in [0.29, 0.717) is 18.5 Å². The predicted octanol–water partition coefficient (Wildman–Crippen LogP) is 0.311. The normalized spacial score (nSPS) is 20.3. The summed E-state index contributed by atoms with van der Waals surface area (Å²) >= 11 is 0. The zero-order valence-electron chi connectivity index (χ0n) is 10.3. The lowest BCUT2D eigenvalue weighted by molar-refractivity contribution is -0.149. The summed E-state index contributed by atoms with van der Waals surface area (Å²) in [5, 5.41) is 0. The Morgan fingerprint density at radius 2 is 2.21 bits per heavy atom. The van der Waals surface area contributed by atoms with Crippen LogP contribution in [0.5, 0.6) is 0 Å². The number of hydrogen-bond acceptors (Lipinski definition) is 4. The van der Waals surface area contributed by atoms with E-state index in [1.54, 1.807) is 0 Å². The van der Waals surface area contributed by atoms with Crippen molar-refractivity contribution in [1.29, 1.82) is 0 Å². The Bertz CT molecular complexity index is 616. The van der Waals surface area contributed by atoms with E-state index in [9.17, 15) is 9.59 Å². The van der Waals surface area contributed by atoms with Crippen LogP contribution in [0.3, 0.4) is 0 Å². The van der Waals surface area contributed by atoms with Crippen molar-refractivity contribution in [3.63, 3.8) is 0 Å². The monoisotopic (exact) mass is 258 g/mol. The number of fused-ring (bicyclic) bond motifs is 1. The summed E-state index contributed by atoms with van der Waals surface area (Å²) in [5.74, 6) is -0.489. The minimum atomic E-state index is -0.574. The van der Waals surface area contributed by atoms with Gasteiger partial charge in [0.15, 0.2) is 0 Å². The summed E-state index contributed by atoms with van der Waals surface area (Å²) in [6.45, 7) is 0.188. The van der Waals surface area contributed by atoms with Crippen molar-refractivity contribution in [2.75, 3.05) is 0 Å². The molecule has 98 valence electrons. The van der Waals surface area contributed by atoms with Gasteiger partial charge in [-0.25, -0.2) is 4.98 Å². The molecular weight excluding hydrogens is 244 g/mol. The second-order valence-electron chi connectivity index (χ2n) is 4.66. The van der Waals surface area contributed by atoms with Gasteiger partial charge in [-0.05, 0) is 18.6 Å². The first-order valence-corrected chi connectivity index (χ1v) is 6.17. The highest BCUT2D eigenvalue weighted by atomic mass is 16.2. The van der Waals surface area contributed by atoms with Crippen molar-refractivity contribution in [1.82, 2.24) is 14.3 Å². The number of nitrogens with two attached hydrogens (primary N) is 1. The molecule has 0 aliphatic carbocycles. The molecular formula is C13H14N4O2. The van der Waals surface area contributed by atoms with Gasteiger partial charge < -0.3 is 10.1 Å². The van der Waals surface area contributed by atoms with Crippen molar-refractivity contribution < 1.29 is 9.59 Å². The predicted molar refractivity (Wildman–Crippen MR) is 68.0 cm³/mol. The van der Waals surface area contributed by atoms with E-state index in [4.69, 9.17) is 5.73 Å². The van der Waals surface area contributed by atoms with Gasteiger partial charge in [0.2, 0.25) is 11.8 Å². The third kappa shape index (κ3) is 2.10. The molecule has 1 aliphatic rings. The minimum absolute atomic E-state index is 0.177. The van der Waals surface area contributed by atoms with Crippen LogP contribution in [-0.4, -0.2) is 32.1 Å². The summed E-state index contributed by atoms with van der Waals surface area (Å²) in [4.78, 5) is 29.3. The van der Waals surface area contributed by atoms with Gasteiger partial charge in [-0.3, -0.25) is 14.5 Å². The maximum absolute atomic E-state index is 11.9. The number of imide groups is 1. The first-order valence-electron chi connectivity index (χ1n) is 6.17. The fourth-order valence-electron chi connectivity index (χ4n) is 2.25. The standard InChI is InChI=1S/C13H14N4O2/c14-10-4-5-12(18)17(13(10)19)8-9-7-16-6-2-1-3-11(16)15-9/h1-3,6-7,10H,4-5,8,14H2. The topological polar surface area (TPSA) is 80.7 Å². The van der Waals surface area contributed by atoms with Crippen LogP contribution in [0.1, 0.15) is 18.5 Å². The van der Waals surface area contributed by atoms with Crippen molar-refractivity contribution in [3.05, 3.63) is 36.3 Å². The summed E-state index contributed by atoms with van der Waals surface area (Å²) in [6, 6.07) is 5.08. The average molecular weight is 258 g/mol. The molecule has 0 saturated carbocycles. The van der Waals surface area contributed by atoms with Crippen molar-refractivity contribution in [2.45, 2.75) is 25.4 Å². The maximum atomic E-state index is 11.9. The molecule has 1 saturated heterocycles. The molecule has 19 heavy (non-hydrogen) atoms. The van der Waals surface area contributed by atoms with Crippen LogP contribution in [0, 0.1) is 0 Å². The molecule has 1 aliphatic heterocycles. The Balaban J connectivity index is 1.87. The molecule has 1 unspecified atom stereocenters. The lowest BCUT2D eigenvalue weighted by atomic mass is 10.1. The molecule has 2 aromatic rings. The number of piperidine rings is 1. The molecule has 0 spiro atoms. The van der Waals surface area contributed by atoms with E-state index >= 15 is 0 Å². The number of imidazole rings is 1. The van der Waals surface area contributed by atoms with Crippen LogP contribution >= 0.6 is 0 Å². The molecule has 0 radical (unpaired) electrons. The summed E-state index contributed by atoms with van der Waals surface area (Å²) in [5.41, 5.74) is 7.16. The molecule has 3 heterocycles. The fourth-order valence-corrected chi connectivity index (χ4v) is 2.25. The maximum Gasteiger partial charge on any atom is 0.246 e. The Morgan fingerprint density at radius 3 is 3.00 bits per heavy atom. The minimum Gasteiger partial charge on any atom is -0.320 e. The van der Waals surface area contributed by atoms with Crippen LogP contribution in [0.4, 0.5) is 0 Å². The van der Waals surface area contributed by atoms with Crippen molar-refractivity contribution in [2.24, 2.45) is 5.73 Å². The highest BCUT2D eigenvalue weighted by Gasteiger charge is 2.32. The van der Waals surface area contributed by atoms with Crippen LogP contribution in [0.25, 0.3) is 5.65 Å². The zero-order valence-corrected chi connectivity index (χ0v) is 10.3. The number of rotatable bonds is 2. The molecule has 3 rings (SSSR count). The summed E-state index contributed by atoms with van der Waals surface area (Å²) in [7, 11) is 0. The van der Waals surface area contributed by atoms with E-state index in [-0.39, 0.29) is 18.4 Å². The second-order valence-corrected chi connectivity index (χ2v) is 4.66. The molecule has 0 aromatic carbocycles. The number of carbonyl (C=O) groups excluding carboxylic acids is 2. The lowest BCUT2D eigenvalue weighted by Gasteiger charge is -2.27.